The molecule has 0 radical (unpaired) electrons. The smallest absolute Gasteiger partial charge is 0.317 e. The molecule has 21 N–H and O–H groups in total. The van der Waals surface area contributed by atoms with Crippen molar-refractivity contribution in [3.8, 4) is 0 Å². The molecule has 1 saturated heterocycles. The highest BCUT2D eigenvalue weighted by Gasteiger charge is 2.35. The standard InChI is InChI=1S/C65H100N14O25/c1-74(31-50-70-41-8-4-5-9-42(41)71-50)64(103)38-10-11-40-39(26-38)30-79(65(104)45(69-40)27-54(89)90)17-7-3-2-6-16-66-62(101)43(12-14-51(86)67-28-46(82)58(97)60(99)48(84)36-80)73-63(102)44(13-15-52(87)68-29-47(83)59(98)61(100)49(85)37-81)72-53(88)32-75-18-20-76(33-55(91)92)22-24-78(35-57(95)96)25-23-77(21-19-75)34-56(93)94/h4-5,8-11,26,43-49,58-61,69,80-85,97-100H,2-3,6-7,12-25,27-37H2,1H3,(H,66,101)(H,67,86)(H,68,87)(H,70,71)(H,72,88)(H,73,102)(H,89,90)(H,91,92)(H,93,94)(H,95,96)/t43-,44-,45-,46+,47-,48+,49-,58?,59?,60?,61?/m0/s1. The molecule has 580 valence electrons. The van der Waals surface area contributed by atoms with Gasteiger partial charge in [0.15, 0.2) is 0 Å². The number of rotatable bonds is 42. The molecule has 7 amide bonds. The van der Waals surface area contributed by atoms with E-state index in [2.05, 4.69) is 41.9 Å². The molecular formula is C65H100N14O25. The fourth-order valence-corrected chi connectivity index (χ4v) is 11.5. The largest absolute Gasteiger partial charge is 0.481 e. The van der Waals surface area contributed by atoms with Crippen molar-refractivity contribution in [2.75, 3.05) is 130 Å². The molecule has 3 heterocycles. The molecule has 0 aliphatic carbocycles. The van der Waals surface area contributed by atoms with Gasteiger partial charge in [-0.3, -0.25) is 72.3 Å². The number of benzene rings is 2. The van der Waals surface area contributed by atoms with E-state index in [9.17, 15) is 124 Å². The van der Waals surface area contributed by atoms with Gasteiger partial charge in [0.2, 0.25) is 35.4 Å². The lowest BCUT2D eigenvalue weighted by molar-refractivity contribution is -0.141. The molecule has 2 aliphatic heterocycles. The quantitative estimate of drug-likeness (QED) is 0.0234. The predicted molar refractivity (Wildman–Crippen MR) is 364 cm³/mol. The van der Waals surface area contributed by atoms with Crippen LogP contribution in [0.2, 0.25) is 0 Å². The monoisotopic (exact) mass is 1480 g/mol. The van der Waals surface area contributed by atoms with Crippen LogP contribution in [-0.4, -0.2) is 368 Å². The molecule has 2 aromatic carbocycles. The van der Waals surface area contributed by atoms with Gasteiger partial charge >= 0.3 is 23.9 Å². The van der Waals surface area contributed by atoms with Gasteiger partial charge in [-0.05, 0) is 61.6 Å². The lowest BCUT2D eigenvalue weighted by Crippen LogP contribution is -2.56. The van der Waals surface area contributed by atoms with Gasteiger partial charge in [0.1, 0.15) is 60.6 Å². The van der Waals surface area contributed by atoms with E-state index in [0.717, 1.165) is 11.0 Å². The Bertz CT molecular complexity index is 3270. The van der Waals surface area contributed by atoms with E-state index in [1.165, 1.54) is 29.4 Å². The van der Waals surface area contributed by atoms with Crippen LogP contribution in [0.1, 0.15) is 79.5 Å². The molecule has 0 saturated carbocycles. The van der Waals surface area contributed by atoms with Crippen molar-refractivity contribution in [3.05, 3.63) is 59.4 Å². The second-order valence-electron chi connectivity index (χ2n) is 25.7. The number of para-hydroxylation sites is 2. The Hall–Kier alpha value is -8.68. The number of aliphatic hydroxyl groups is 10. The van der Waals surface area contributed by atoms with Crippen molar-refractivity contribution in [1.82, 2.24) is 66.0 Å². The van der Waals surface area contributed by atoms with E-state index in [1.54, 1.807) is 25.2 Å². The van der Waals surface area contributed by atoms with Crippen LogP contribution in [0.4, 0.5) is 5.69 Å². The highest BCUT2D eigenvalue weighted by Crippen LogP contribution is 2.27. The number of H-pyrrole nitrogens is 1. The Balaban J connectivity index is 1.32. The fourth-order valence-electron chi connectivity index (χ4n) is 11.5. The summed E-state index contributed by atoms with van der Waals surface area (Å²) >= 11 is 0. The summed E-state index contributed by atoms with van der Waals surface area (Å²) in [5.74, 6) is -9.80. The first kappa shape index (κ1) is 86.0. The molecule has 1 fully saturated rings. The molecule has 39 heteroatoms. The summed E-state index contributed by atoms with van der Waals surface area (Å²) in [6, 6.07) is 7.73. The van der Waals surface area contributed by atoms with Crippen LogP contribution in [0.15, 0.2) is 42.5 Å². The number of aromatic amines is 1. The van der Waals surface area contributed by atoms with Gasteiger partial charge in [-0.15, -0.1) is 0 Å². The number of aromatic nitrogens is 2. The fraction of sp³-hybridized carbons (Fsp3) is 0.631. The normalized spacial score (nSPS) is 18.2. The van der Waals surface area contributed by atoms with E-state index in [0.29, 0.717) is 48.3 Å². The Morgan fingerprint density at radius 2 is 1.05 bits per heavy atom. The summed E-state index contributed by atoms with van der Waals surface area (Å²) in [7, 11) is 1.62. The van der Waals surface area contributed by atoms with E-state index in [4.69, 9.17) is 0 Å². The molecule has 39 nitrogen and oxygen atoms in total. The first-order valence-corrected chi connectivity index (χ1v) is 34.1. The van der Waals surface area contributed by atoms with Crippen LogP contribution in [0, 0.1) is 0 Å². The third-order valence-corrected chi connectivity index (χ3v) is 17.5. The summed E-state index contributed by atoms with van der Waals surface area (Å²) < 4.78 is 0. The first-order valence-electron chi connectivity index (χ1n) is 34.1. The average Bonchev–Trinajstić information content (AvgIpc) is 1.62. The van der Waals surface area contributed by atoms with Crippen molar-refractivity contribution in [3.63, 3.8) is 0 Å². The van der Waals surface area contributed by atoms with Crippen molar-refractivity contribution in [2.24, 2.45) is 0 Å². The lowest BCUT2D eigenvalue weighted by atomic mass is 10.0. The van der Waals surface area contributed by atoms with E-state index in [1.807, 2.05) is 24.3 Å². The molecule has 11 atom stereocenters. The van der Waals surface area contributed by atoms with Crippen molar-refractivity contribution in [2.45, 2.75) is 138 Å². The van der Waals surface area contributed by atoms with Crippen LogP contribution in [-0.2, 0) is 61.0 Å². The minimum Gasteiger partial charge on any atom is -0.481 e. The van der Waals surface area contributed by atoms with Crippen LogP contribution in [0.5, 0.6) is 0 Å². The maximum atomic E-state index is 14.6. The Kier molecular flexibility index (Phi) is 36.0. The SMILES string of the molecule is CN(Cc1nc2ccccc2[nH]1)C(=O)c1ccc2c(c1)CN(CCCCCCNC(=O)[C@H](CCC(=O)NC[C@@H](O)C(O)C(O)[C@H](O)CO)NC(=O)[C@H](CCC(=O)NC[C@H](O)C(O)C(O)[C@@H](O)CO)NC(=O)CN1CCN(CC(=O)O)CCN(CC(=O)O)CCN(CC(=O)O)CC1)C(=O)[C@H](CC(=O)O)N2. The highest BCUT2D eigenvalue weighted by atomic mass is 16.4. The molecule has 0 bridgehead atoms. The van der Waals surface area contributed by atoms with Crippen LogP contribution >= 0.6 is 0 Å². The number of hydrogen-bond acceptors (Lipinski definition) is 27. The number of carbonyl (C=O) groups excluding carboxylic acids is 7. The summed E-state index contributed by atoms with van der Waals surface area (Å²) in [6.45, 7) is -5.02. The van der Waals surface area contributed by atoms with Gasteiger partial charge in [-0.25, -0.2) is 4.98 Å². The molecular weight excluding hydrogens is 1380 g/mol. The van der Waals surface area contributed by atoms with E-state index in [-0.39, 0.29) is 84.4 Å². The van der Waals surface area contributed by atoms with Crippen molar-refractivity contribution < 1.29 is 124 Å². The van der Waals surface area contributed by atoms with Gasteiger partial charge in [0, 0.05) is 116 Å². The van der Waals surface area contributed by atoms with Gasteiger partial charge in [-0.1, -0.05) is 25.0 Å². The van der Waals surface area contributed by atoms with Gasteiger partial charge in [0.25, 0.3) is 5.91 Å². The molecule has 5 rings (SSSR count). The maximum absolute atomic E-state index is 14.6. The molecule has 104 heavy (non-hydrogen) atoms. The Morgan fingerprint density at radius 1 is 0.567 bits per heavy atom. The van der Waals surface area contributed by atoms with Gasteiger partial charge < -0.3 is 118 Å². The number of aliphatic hydroxyl groups excluding tert-OH is 10. The van der Waals surface area contributed by atoms with E-state index >= 15 is 0 Å². The summed E-state index contributed by atoms with van der Waals surface area (Å²) in [4.78, 5) is 162. The number of amides is 7. The topological polar surface area (TPSA) is 591 Å². The number of anilines is 1. The van der Waals surface area contributed by atoms with Gasteiger partial charge in [0.05, 0.1) is 75.6 Å². The Morgan fingerprint density at radius 3 is 1.54 bits per heavy atom. The zero-order valence-electron chi connectivity index (χ0n) is 57.8. The number of aliphatic carboxylic acids is 4. The Labute approximate surface area is 597 Å². The summed E-state index contributed by atoms with van der Waals surface area (Å²) in [5.41, 5.74) is 2.86. The van der Waals surface area contributed by atoms with Crippen molar-refractivity contribution in [1.29, 1.82) is 0 Å². The molecule has 1 aromatic heterocycles. The predicted octanol–water partition coefficient (Wildman–Crippen LogP) is -7.78. The second-order valence-corrected chi connectivity index (χ2v) is 25.7. The lowest BCUT2D eigenvalue weighted by Gasteiger charge is -2.33. The van der Waals surface area contributed by atoms with Crippen LogP contribution in [0.25, 0.3) is 11.0 Å². The summed E-state index contributed by atoms with van der Waals surface area (Å²) in [6.07, 6.45) is -17.1. The minimum atomic E-state index is -2.08. The third-order valence-electron chi connectivity index (χ3n) is 17.5. The number of unbranched alkanes of at least 4 members (excludes halogenated alkanes) is 3. The highest BCUT2D eigenvalue weighted by molar-refractivity contribution is 5.96. The van der Waals surface area contributed by atoms with Crippen molar-refractivity contribution >= 4 is 81.9 Å². The number of nitrogens with zero attached hydrogens (tertiary/aromatic N) is 7. The number of carboxylic acids is 4. The number of fused-ring (bicyclic) bond motifs is 2. The van der Waals surface area contributed by atoms with Crippen LogP contribution in [0.3, 0.4) is 0 Å². The second kappa shape index (κ2) is 43.6. The number of hydrogen-bond donors (Lipinski definition) is 21. The third kappa shape index (κ3) is 29.1. The van der Waals surface area contributed by atoms with E-state index < -0.39 is 211 Å². The summed E-state index contributed by atoms with van der Waals surface area (Å²) in [5, 5.41) is 154. The zero-order chi connectivity index (χ0) is 76.7. The average molecular weight is 1480 g/mol. The maximum Gasteiger partial charge on any atom is 0.317 e. The van der Waals surface area contributed by atoms with Crippen LogP contribution < -0.4 is 31.9 Å². The molecule has 4 unspecified atom stereocenters. The zero-order valence-corrected chi connectivity index (χ0v) is 57.8. The molecule has 2 aliphatic rings. The number of imidazole rings is 1. The number of nitrogens with one attached hydrogen (secondary N) is 7. The molecule has 3 aromatic rings. The number of carboxylic acid groups (broad SMARTS) is 4. The molecule has 0 spiro atoms. The number of carbonyl (C=O) groups is 11. The van der Waals surface area contributed by atoms with Gasteiger partial charge in [-0.2, -0.15) is 0 Å². The first-order chi connectivity index (χ1) is 49.3. The minimum absolute atomic E-state index is 0.0137.